The molecular weight excluding hydrogens is 789 g/mol. The summed E-state index contributed by atoms with van der Waals surface area (Å²) in [6, 6.07) is 26.4. The molecule has 2 aliphatic heterocycles. The van der Waals surface area contributed by atoms with Gasteiger partial charge in [-0.05, 0) is 61.7 Å². The van der Waals surface area contributed by atoms with Crippen molar-refractivity contribution < 1.29 is 24.0 Å². The summed E-state index contributed by atoms with van der Waals surface area (Å²) >= 11 is 0. The zero-order valence-corrected chi connectivity index (χ0v) is 37.6. The fraction of sp³-hybridized carbons (Fsp3) is 0.558. The Kier molecular flexibility index (Phi) is 16.5. The van der Waals surface area contributed by atoms with Crippen molar-refractivity contribution in [2.75, 3.05) is 46.3 Å². The molecule has 11 heteroatoms. The Morgan fingerprint density at radius 2 is 0.968 bits per heavy atom. The van der Waals surface area contributed by atoms with Crippen LogP contribution in [0.15, 0.2) is 84.9 Å². The minimum Gasteiger partial charge on any atom is -0.355 e. The second-order valence-corrected chi connectivity index (χ2v) is 18.7. The number of likely N-dealkylation sites (N-methyl/N-ethyl adjacent to an activating group) is 1. The monoisotopic (exact) mass is 859 g/mol. The van der Waals surface area contributed by atoms with Gasteiger partial charge in [0.1, 0.15) is 6.04 Å². The summed E-state index contributed by atoms with van der Waals surface area (Å²) < 4.78 is 0. The van der Waals surface area contributed by atoms with Gasteiger partial charge in [0.25, 0.3) is 11.8 Å². The quantitative estimate of drug-likeness (QED) is 0.0911. The van der Waals surface area contributed by atoms with Crippen molar-refractivity contribution in [1.82, 2.24) is 30.7 Å². The number of amides is 5. The second-order valence-electron chi connectivity index (χ2n) is 18.7. The van der Waals surface area contributed by atoms with E-state index < -0.39 is 17.9 Å². The number of rotatable bonds is 22. The molecule has 0 aromatic heterocycles. The third-order valence-corrected chi connectivity index (χ3v) is 13.9. The minimum atomic E-state index is -0.687. The van der Waals surface area contributed by atoms with E-state index in [1.165, 1.54) is 75.3 Å². The average Bonchev–Trinajstić information content (AvgIpc) is 4.22. The Hall–Kier alpha value is -5.03. The first kappa shape index (κ1) is 46.0. The predicted molar refractivity (Wildman–Crippen MR) is 247 cm³/mol. The summed E-state index contributed by atoms with van der Waals surface area (Å²) in [5, 5.41) is 9.51. The molecular formula is C52H70N6O5. The Morgan fingerprint density at radius 3 is 1.44 bits per heavy atom. The molecule has 2 saturated carbocycles. The van der Waals surface area contributed by atoms with E-state index in [0.717, 1.165) is 25.7 Å². The maximum Gasteiger partial charge on any atom is 0.253 e. The largest absolute Gasteiger partial charge is 0.355 e. The lowest BCUT2D eigenvalue weighted by Gasteiger charge is -2.38. The van der Waals surface area contributed by atoms with E-state index in [4.69, 9.17) is 0 Å². The minimum absolute atomic E-state index is 0.00151. The number of hydrogen-bond acceptors (Lipinski definition) is 6. The Balaban J connectivity index is 0.887. The van der Waals surface area contributed by atoms with Gasteiger partial charge in [0.2, 0.25) is 17.7 Å². The van der Waals surface area contributed by atoms with Gasteiger partial charge in [-0.1, -0.05) is 138 Å². The van der Waals surface area contributed by atoms with Crippen LogP contribution in [-0.2, 0) is 14.4 Å². The van der Waals surface area contributed by atoms with Gasteiger partial charge in [-0.25, -0.2) is 0 Å². The SMILES string of the molecule is CCCCCCCCCCCCCCNC(=O)[C@H]1CN(C(=O)c2ccc(C(=O)N3C[C@@H](C(=O)N[C@H]4C[C@@H]4c4ccccc4)[C@H](C(=O)N[C@H]4C[C@@H]4c4ccccc4)C3)cc2)CCN1C. The number of likely N-dealkylation sites (tertiary alicyclic amines) is 1. The molecule has 11 nitrogen and oxygen atoms in total. The summed E-state index contributed by atoms with van der Waals surface area (Å²) in [5.41, 5.74) is 3.19. The van der Waals surface area contributed by atoms with E-state index in [1.807, 2.05) is 48.3 Å². The summed E-state index contributed by atoms with van der Waals surface area (Å²) in [7, 11) is 1.93. The molecule has 3 N–H and O–H groups in total. The van der Waals surface area contributed by atoms with Crippen molar-refractivity contribution in [2.45, 2.75) is 127 Å². The summed E-state index contributed by atoms with van der Waals surface area (Å²) in [6.07, 6.45) is 16.9. The number of hydrogen-bond donors (Lipinski definition) is 3. The number of nitrogens with one attached hydrogen (secondary N) is 3. The molecule has 338 valence electrons. The molecule has 4 fully saturated rings. The molecule has 0 unspecified atom stereocenters. The molecule has 4 aliphatic rings. The van der Waals surface area contributed by atoms with E-state index in [9.17, 15) is 24.0 Å². The van der Waals surface area contributed by atoms with Crippen LogP contribution in [0.3, 0.4) is 0 Å². The fourth-order valence-corrected chi connectivity index (χ4v) is 9.68. The number of carbonyl (C=O) groups is 5. The van der Waals surface area contributed by atoms with Gasteiger partial charge in [-0.15, -0.1) is 0 Å². The van der Waals surface area contributed by atoms with Crippen LogP contribution in [0.2, 0.25) is 0 Å². The normalized spacial score (nSPS) is 24.1. The smallest absolute Gasteiger partial charge is 0.253 e. The van der Waals surface area contributed by atoms with Crippen molar-refractivity contribution in [3.05, 3.63) is 107 Å². The Labute approximate surface area is 375 Å². The molecule has 0 radical (unpaired) electrons. The van der Waals surface area contributed by atoms with Crippen molar-refractivity contribution in [1.29, 1.82) is 0 Å². The second kappa shape index (κ2) is 22.5. The van der Waals surface area contributed by atoms with Gasteiger partial charge in [-0.2, -0.15) is 0 Å². The highest BCUT2D eigenvalue weighted by atomic mass is 16.2. The van der Waals surface area contributed by atoms with Gasteiger partial charge in [0.05, 0.1) is 11.8 Å². The zero-order valence-electron chi connectivity index (χ0n) is 37.6. The van der Waals surface area contributed by atoms with Crippen LogP contribution in [0.1, 0.15) is 140 Å². The first-order chi connectivity index (χ1) is 30.7. The van der Waals surface area contributed by atoms with Crippen LogP contribution in [-0.4, -0.2) is 109 Å². The molecule has 3 aromatic carbocycles. The molecule has 2 heterocycles. The highest BCUT2D eigenvalue weighted by Gasteiger charge is 2.49. The van der Waals surface area contributed by atoms with Gasteiger partial charge in [0.15, 0.2) is 0 Å². The number of piperazine rings is 1. The molecule has 7 rings (SSSR count). The van der Waals surface area contributed by atoms with E-state index in [0.29, 0.717) is 37.3 Å². The average molecular weight is 859 g/mol. The fourth-order valence-electron chi connectivity index (χ4n) is 9.68. The summed E-state index contributed by atoms with van der Waals surface area (Å²) in [5.74, 6) is -1.81. The van der Waals surface area contributed by atoms with Crippen molar-refractivity contribution in [2.24, 2.45) is 11.8 Å². The summed E-state index contributed by atoms with van der Waals surface area (Å²) in [4.78, 5) is 74.1. The molecule has 7 atom stereocenters. The van der Waals surface area contributed by atoms with Crippen molar-refractivity contribution >= 4 is 29.5 Å². The lowest BCUT2D eigenvalue weighted by molar-refractivity contribution is -0.133. The topological polar surface area (TPSA) is 131 Å². The Morgan fingerprint density at radius 1 is 0.524 bits per heavy atom. The molecule has 63 heavy (non-hydrogen) atoms. The van der Waals surface area contributed by atoms with Gasteiger partial charge >= 0.3 is 0 Å². The summed E-state index contributed by atoms with van der Waals surface area (Å²) in [6.45, 7) is 4.53. The first-order valence-electron chi connectivity index (χ1n) is 24.1. The van der Waals surface area contributed by atoms with Crippen LogP contribution in [0.4, 0.5) is 0 Å². The maximum atomic E-state index is 14.0. The number of benzene rings is 3. The maximum absolute atomic E-state index is 14.0. The molecule has 0 bridgehead atoms. The molecule has 3 aromatic rings. The van der Waals surface area contributed by atoms with Crippen LogP contribution in [0.25, 0.3) is 0 Å². The number of unbranched alkanes of at least 4 members (excludes halogenated alkanes) is 11. The first-order valence-corrected chi connectivity index (χ1v) is 24.1. The lowest BCUT2D eigenvalue weighted by atomic mass is 9.94. The van der Waals surface area contributed by atoms with Crippen LogP contribution in [0, 0.1) is 11.8 Å². The standard InChI is InChI=1S/C52H70N6O5/c1-3-4-5-6-7-8-9-10-11-12-13-20-29-53-50(61)47-36-57(31-30-56(47)2)51(62)39-25-27-40(28-26-39)52(63)58-34-43(48(59)54-45-32-41(45)37-21-16-14-17-22-37)44(35-58)49(60)55-46-33-42(46)38-23-18-15-19-24-38/h14-19,21-28,41-47H,3-13,20,29-36H2,1-2H3,(H,53,61)(H,54,59)(H,55,60)/t41-,42-,43-,44-,45+,46+,47-/m1/s1. The third kappa shape index (κ3) is 12.6. The number of carbonyl (C=O) groups excluding carboxylic acids is 5. The molecule has 0 spiro atoms. The van der Waals surface area contributed by atoms with E-state index >= 15 is 0 Å². The van der Waals surface area contributed by atoms with Gasteiger partial charge < -0.3 is 25.8 Å². The van der Waals surface area contributed by atoms with E-state index in [1.54, 1.807) is 34.1 Å². The highest BCUT2D eigenvalue weighted by Crippen LogP contribution is 2.42. The Bertz CT molecular complexity index is 1900. The van der Waals surface area contributed by atoms with E-state index in [-0.39, 0.29) is 66.5 Å². The number of nitrogens with zero attached hydrogens (tertiary/aromatic N) is 3. The van der Waals surface area contributed by atoms with Crippen molar-refractivity contribution in [3.63, 3.8) is 0 Å². The molecule has 2 saturated heterocycles. The van der Waals surface area contributed by atoms with Gasteiger partial charge in [-0.3, -0.25) is 28.9 Å². The van der Waals surface area contributed by atoms with E-state index in [2.05, 4.69) is 47.1 Å². The van der Waals surface area contributed by atoms with Crippen LogP contribution >= 0.6 is 0 Å². The third-order valence-electron chi connectivity index (χ3n) is 13.9. The zero-order chi connectivity index (χ0) is 44.1. The lowest BCUT2D eigenvalue weighted by Crippen LogP contribution is -2.58. The predicted octanol–water partition coefficient (Wildman–Crippen LogP) is 7.29. The molecule has 5 amide bonds. The van der Waals surface area contributed by atoms with Crippen LogP contribution < -0.4 is 16.0 Å². The molecule has 2 aliphatic carbocycles. The van der Waals surface area contributed by atoms with Crippen LogP contribution in [0.5, 0.6) is 0 Å². The van der Waals surface area contributed by atoms with Crippen molar-refractivity contribution in [3.8, 4) is 0 Å². The highest BCUT2D eigenvalue weighted by molar-refractivity contribution is 5.99. The van der Waals surface area contributed by atoms with Gasteiger partial charge in [0, 0.05) is 74.3 Å².